The lowest BCUT2D eigenvalue weighted by atomic mass is 10.6. The highest BCUT2D eigenvalue weighted by Crippen LogP contribution is 1.87. The van der Waals surface area contributed by atoms with Crippen molar-refractivity contribution in [2.45, 2.75) is 0 Å². The summed E-state index contributed by atoms with van der Waals surface area (Å²) in [4.78, 5) is 21.1. The van der Waals surface area contributed by atoms with Crippen molar-refractivity contribution in [3.8, 4) is 0 Å². The fourth-order valence-corrected chi connectivity index (χ4v) is 2.69. The second-order valence-electron chi connectivity index (χ2n) is 8.20. The van der Waals surface area contributed by atoms with E-state index < -0.39 is 11.9 Å². The first-order valence-corrected chi connectivity index (χ1v) is 14.4. The Kier molecular flexibility index (Phi) is 35.3. The molecule has 0 radical (unpaired) electrons. The lowest BCUT2D eigenvalue weighted by Gasteiger charge is -2.09. The third-order valence-corrected chi connectivity index (χ3v) is 4.77. The van der Waals surface area contributed by atoms with Gasteiger partial charge in [0.05, 0.1) is 152 Å². The van der Waals surface area contributed by atoms with Gasteiger partial charge in [0.25, 0.3) is 0 Å². The van der Waals surface area contributed by atoms with E-state index in [1.165, 1.54) is 7.11 Å². The van der Waals surface area contributed by atoms with E-state index in [1.54, 1.807) is 0 Å². The molecule has 0 amide bonds. The van der Waals surface area contributed by atoms with E-state index in [0.717, 1.165) is 0 Å². The van der Waals surface area contributed by atoms with Crippen LogP contribution in [0.3, 0.4) is 0 Å². The fraction of sp³-hybridized carbons (Fsp3) is 0.926. The molecular weight excluding hydrogens is 580 g/mol. The molecule has 16 nitrogen and oxygen atoms in total. The number of carboxylic acid groups (broad SMARTS) is 1. The maximum absolute atomic E-state index is 10.8. The molecule has 0 fully saturated rings. The Morgan fingerprint density at radius 3 is 0.721 bits per heavy atom. The van der Waals surface area contributed by atoms with Crippen LogP contribution in [0.4, 0.5) is 0 Å². The number of rotatable bonds is 37. The molecule has 0 atom stereocenters. The van der Waals surface area contributed by atoms with Gasteiger partial charge in [0.15, 0.2) is 0 Å². The molecular formula is C27H52O16. The van der Waals surface area contributed by atoms with Crippen molar-refractivity contribution in [1.82, 2.24) is 0 Å². The van der Waals surface area contributed by atoms with Crippen molar-refractivity contribution in [2.75, 3.05) is 166 Å². The first-order chi connectivity index (χ1) is 21.2. The Bertz CT molecular complexity index is 583. The van der Waals surface area contributed by atoms with Crippen LogP contribution in [0.5, 0.6) is 0 Å². The average molecular weight is 633 g/mol. The summed E-state index contributed by atoms with van der Waals surface area (Å²) in [6, 6.07) is 0. The normalized spacial score (nSPS) is 11.3. The molecule has 0 unspecified atom stereocenters. The number of carbonyl (C=O) groups is 2. The fourth-order valence-electron chi connectivity index (χ4n) is 2.69. The Balaban J connectivity index is 3.05. The molecule has 0 heterocycles. The van der Waals surface area contributed by atoms with Gasteiger partial charge in [0, 0.05) is 0 Å². The monoisotopic (exact) mass is 632 g/mol. The summed E-state index contributed by atoms with van der Waals surface area (Å²) in [5.41, 5.74) is 0. The van der Waals surface area contributed by atoms with Crippen LogP contribution in [-0.4, -0.2) is 183 Å². The molecule has 1 N–H and O–H groups in total. The van der Waals surface area contributed by atoms with Crippen molar-refractivity contribution < 1.29 is 76.3 Å². The molecule has 0 saturated heterocycles. The second-order valence-corrected chi connectivity index (χ2v) is 8.20. The topological polar surface area (TPSA) is 174 Å². The number of carbonyl (C=O) groups excluding carboxylic acids is 1. The Labute approximate surface area is 254 Å². The molecule has 0 bridgehead atoms. The molecule has 256 valence electrons. The minimum atomic E-state index is -1.000. The summed E-state index contributed by atoms with van der Waals surface area (Å²) in [6.07, 6.45) is 0. The molecule has 0 aliphatic rings. The largest absolute Gasteiger partial charge is 0.480 e. The number of hydrogen-bond donors (Lipinski definition) is 1. The summed E-state index contributed by atoms with van der Waals surface area (Å²) < 4.78 is 68.2. The smallest absolute Gasteiger partial charge is 0.331 e. The van der Waals surface area contributed by atoms with E-state index in [4.69, 9.17) is 61.9 Å². The van der Waals surface area contributed by atoms with Gasteiger partial charge in [0.2, 0.25) is 0 Å². The highest BCUT2D eigenvalue weighted by Gasteiger charge is 2.00. The third kappa shape index (κ3) is 38.4. The zero-order valence-corrected chi connectivity index (χ0v) is 25.5. The molecule has 43 heavy (non-hydrogen) atoms. The van der Waals surface area contributed by atoms with Gasteiger partial charge in [-0.25, -0.2) is 9.59 Å². The summed E-state index contributed by atoms with van der Waals surface area (Å²) in [7, 11) is 1.31. The molecule has 0 aromatic heterocycles. The minimum absolute atomic E-state index is 0.0759. The lowest BCUT2D eigenvalue weighted by Crippen LogP contribution is -2.16. The second kappa shape index (κ2) is 36.7. The zero-order valence-electron chi connectivity index (χ0n) is 25.5. The number of aliphatic carboxylic acids is 1. The third-order valence-electron chi connectivity index (χ3n) is 4.77. The maximum atomic E-state index is 10.8. The van der Waals surface area contributed by atoms with E-state index in [1.807, 2.05) is 0 Å². The summed E-state index contributed by atoms with van der Waals surface area (Å²) in [6.45, 7) is 9.23. The van der Waals surface area contributed by atoms with Crippen LogP contribution in [-0.2, 0) is 71.2 Å². The minimum Gasteiger partial charge on any atom is -0.480 e. The van der Waals surface area contributed by atoms with Gasteiger partial charge in [-0.05, 0) is 0 Å². The average Bonchev–Trinajstić information content (AvgIpc) is 3.00. The number of carboxylic acids is 1. The highest BCUT2D eigenvalue weighted by atomic mass is 16.6. The molecule has 0 aromatic rings. The van der Waals surface area contributed by atoms with Gasteiger partial charge < -0.3 is 66.7 Å². The summed E-state index contributed by atoms with van der Waals surface area (Å²) >= 11 is 0. The van der Waals surface area contributed by atoms with E-state index in [2.05, 4.69) is 4.74 Å². The molecule has 0 rings (SSSR count). The van der Waals surface area contributed by atoms with Gasteiger partial charge in [-0.15, -0.1) is 0 Å². The Hall–Kier alpha value is -1.54. The van der Waals surface area contributed by atoms with Crippen molar-refractivity contribution in [3.05, 3.63) is 0 Å². The first-order valence-electron chi connectivity index (χ1n) is 14.4. The Morgan fingerprint density at radius 2 is 0.535 bits per heavy atom. The van der Waals surface area contributed by atoms with Gasteiger partial charge >= 0.3 is 11.9 Å². The molecule has 0 spiro atoms. The summed E-state index contributed by atoms with van der Waals surface area (Å²) in [5, 5.41) is 8.41. The van der Waals surface area contributed by atoms with E-state index in [-0.39, 0.29) is 19.8 Å². The zero-order chi connectivity index (χ0) is 31.3. The van der Waals surface area contributed by atoms with Crippen LogP contribution in [0, 0.1) is 0 Å². The number of hydrogen-bond acceptors (Lipinski definition) is 15. The highest BCUT2D eigenvalue weighted by molar-refractivity contribution is 5.70. The van der Waals surface area contributed by atoms with Gasteiger partial charge in [-0.2, -0.15) is 0 Å². The SMILES string of the molecule is COC(=O)COCCOCCOCCOCCOCCOCCOCCOCCOCCOCCOCCOCC(=O)O. The molecule has 0 aliphatic heterocycles. The Morgan fingerprint density at radius 1 is 0.349 bits per heavy atom. The standard InChI is InChI=1S/C27H52O16/c1-31-27(30)25-43-23-21-41-19-17-39-15-13-37-11-9-35-7-5-33-3-2-32-4-6-34-8-10-36-12-14-38-16-18-40-20-22-42-24-26(28)29/h2-25H2,1H3,(H,28,29). The number of methoxy groups -OCH3 is 1. The molecule has 0 aliphatic carbocycles. The van der Waals surface area contributed by atoms with E-state index in [9.17, 15) is 9.59 Å². The van der Waals surface area contributed by atoms with Crippen molar-refractivity contribution in [1.29, 1.82) is 0 Å². The van der Waals surface area contributed by atoms with Crippen molar-refractivity contribution >= 4 is 11.9 Å². The van der Waals surface area contributed by atoms with Gasteiger partial charge in [-0.1, -0.05) is 0 Å². The number of ether oxygens (including phenoxy) is 13. The van der Waals surface area contributed by atoms with E-state index >= 15 is 0 Å². The van der Waals surface area contributed by atoms with Crippen LogP contribution < -0.4 is 0 Å². The first kappa shape index (κ1) is 41.5. The van der Waals surface area contributed by atoms with Crippen LogP contribution in [0.2, 0.25) is 0 Å². The summed E-state index contributed by atoms with van der Waals surface area (Å²) in [5.74, 6) is -1.41. The molecule has 0 aromatic carbocycles. The van der Waals surface area contributed by atoms with Crippen LogP contribution in [0.15, 0.2) is 0 Å². The lowest BCUT2D eigenvalue weighted by molar-refractivity contribution is -0.146. The van der Waals surface area contributed by atoms with Crippen LogP contribution in [0.1, 0.15) is 0 Å². The predicted molar refractivity (Wildman–Crippen MR) is 149 cm³/mol. The van der Waals surface area contributed by atoms with Gasteiger partial charge in [-0.3, -0.25) is 0 Å². The number of esters is 1. The van der Waals surface area contributed by atoms with Crippen molar-refractivity contribution in [3.63, 3.8) is 0 Å². The van der Waals surface area contributed by atoms with Crippen LogP contribution in [0.25, 0.3) is 0 Å². The maximum Gasteiger partial charge on any atom is 0.331 e. The van der Waals surface area contributed by atoms with Crippen LogP contribution >= 0.6 is 0 Å². The molecule has 16 heteroatoms. The molecule has 0 saturated carbocycles. The van der Waals surface area contributed by atoms with Crippen molar-refractivity contribution in [2.24, 2.45) is 0 Å². The predicted octanol–water partition coefficient (Wildman–Crippen LogP) is -0.557. The van der Waals surface area contributed by atoms with Gasteiger partial charge in [0.1, 0.15) is 13.2 Å². The quantitative estimate of drug-likeness (QED) is 0.0681. The van der Waals surface area contributed by atoms with E-state index in [0.29, 0.717) is 139 Å².